The molecule has 1 atom stereocenters. The summed E-state index contributed by atoms with van der Waals surface area (Å²) in [4.78, 5) is 2.19. The second-order valence-corrected chi connectivity index (χ2v) is 4.59. The lowest BCUT2D eigenvalue weighted by Gasteiger charge is -2.36. The summed E-state index contributed by atoms with van der Waals surface area (Å²) < 4.78 is 26.0. The molecule has 3 nitrogen and oxygen atoms in total. The molecule has 0 saturated carbocycles. The van der Waals surface area contributed by atoms with E-state index >= 15 is 0 Å². The van der Waals surface area contributed by atoms with Gasteiger partial charge in [0.05, 0.1) is 0 Å². The van der Waals surface area contributed by atoms with E-state index in [2.05, 4.69) is 10.2 Å². The van der Waals surface area contributed by atoms with E-state index in [1.54, 1.807) is 6.07 Å². The highest BCUT2D eigenvalue weighted by Gasteiger charge is 2.21. The van der Waals surface area contributed by atoms with E-state index in [4.69, 9.17) is 5.11 Å². The highest BCUT2D eigenvalue weighted by molar-refractivity contribution is 5.17. The van der Waals surface area contributed by atoms with Gasteiger partial charge in [0.1, 0.15) is 0 Å². The maximum absolute atomic E-state index is 13.1. The fourth-order valence-corrected chi connectivity index (χ4v) is 2.32. The number of hydrogen-bond donors (Lipinski definition) is 2. The zero-order valence-electron chi connectivity index (χ0n) is 10.2. The summed E-state index contributed by atoms with van der Waals surface area (Å²) in [6.07, 6.45) is 0.691. The molecule has 100 valence electrons. The third-order valence-corrected chi connectivity index (χ3v) is 3.30. The third kappa shape index (κ3) is 3.25. The molecule has 1 unspecified atom stereocenters. The summed E-state index contributed by atoms with van der Waals surface area (Å²) in [5.41, 5.74) is 0.763. The molecule has 18 heavy (non-hydrogen) atoms. The first-order valence-corrected chi connectivity index (χ1v) is 6.20. The Bertz CT molecular complexity index is 399. The van der Waals surface area contributed by atoms with E-state index in [9.17, 15) is 8.78 Å². The van der Waals surface area contributed by atoms with Gasteiger partial charge in [-0.05, 0) is 24.1 Å². The minimum atomic E-state index is -0.814. The Balaban J connectivity index is 2.03. The van der Waals surface area contributed by atoms with Crippen LogP contribution in [0.15, 0.2) is 18.2 Å². The Morgan fingerprint density at radius 3 is 2.89 bits per heavy atom. The van der Waals surface area contributed by atoms with Crippen molar-refractivity contribution in [2.24, 2.45) is 0 Å². The van der Waals surface area contributed by atoms with Crippen LogP contribution in [0.25, 0.3) is 0 Å². The van der Waals surface area contributed by atoms with Crippen LogP contribution in [-0.2, 0) is 6.54 Å². The molecule has 1 heterocycles. The second-order valence-electron chi connectivity index (χ2n) is 4.59. The maximum atomic E-state index is 13.1. The van der Waals surface area contributed by atoms with Gasteiger partial charge in [-0.15, -0.1) is 0 Å². The molecule has 0 aliphatic carbocycles. The molecule has 5 heteroatoms. The molecule has 2 rings (SSSR count). The molecule has 0 spiro atoms. The van der Waals surface area contributed by atoms with Crippen molar-refractivity contribution in [1.29, 1.82) is 0 Å². The van der Waals surface area contributed by atoms with Crippen LogP contribution in [0.2, 0.25) is 0 Å². The molecular weight excluding hydrogens is 238 g/mol. The lowest BCUT2D eigenvalue weighted by Crippen LogP contribution is -2.51. The van der Waals surface area contributed by atoms with E-state index in [1.165, 1.54) is 6.07 Å². The van der Waals surface area contributed by atoms with E-state index in [1.807, 2.05) is 0 Å². The fraction of sp³-hybridized carbons (Fsp3) is 0.538. The number of aliphatic hydroxyl groups is 1. The Labute approximate surface area is 105 Å². The van der Waals surface area contributed by atoms with Gasteiger partial charge < -0.3 is 10.4 Å². The maximum Gasteiger partial charge on any atom is 0.159 e. The first kappa shape index (κ1) is 13.4. The zero-order chi connectivity index (χ0) is 13.0. The van der Waals surface area contributed by atoms with Gasteiger partial charge in [0.15, 0.2) is 11.6 Å². The topological polar surface area (TPSA) is 35.5 Å². The summed E-state index contributed by atoms with van der Waals surface area (Å²) in [5, 5.41) is 12.3. The van der Waals surface area contributed by atoms with Crippen molar-refractivity contribution in [3.8, 4) is 0 Å². The fourth-order valence-electron chi connectivity index (χ4n) is 2.32. The van der Waals surface area contributed by atoms with Crippen molar-refractivity contribution in [2.45, 2.75) is 19.0 Å². The summed E-state index contributed by atoms with van der Waals surface area (Å²) in [7, 11) is 0. The normalized spacial score (nSPS) is 21.2. The van der Waals surface area contributed by atoms with Crippen LogP contribution in [0.4, 0.5) is 8.78 Å². The van der Waals surface area contributed by atoms with Crippen molar-refractivity contribution in [3.05, 3.63) is 35.4 Å². The first-order chi connectivity index (χ1) is 8.70. The minimum Gasteiger partial charge on any atom is -0.396 e. The third-order valence-electron chi connectivity index (χ3n) is 3.30. The molecular formula is C13H18F2N2O. The van der Waals surface area contributed by atoms with E-state index in [0.717, 1.165) is 31.3 Å². The van der Waals surface area contributed by atoms with Gasteiger partial charge in [-0.2, -0.15) is 0 Å². The van der Waals surface area contributed by atoms with E-state index in [-0.39, 0.29) is 12.6 Å². The number of benzene rings is 1. The summed E-state index contributed by atoms with van der Waals surface area (Å²) in [6.45, 7) is 3.28. The van der Waals surface area contributed by atoms with Crippen LogP contribution >= 0.6 is 0 Å². The summed E-state index contributed by atoms with van der Waals surface area (Å²) in [5.74, 6) is -1.62. The van der Waals surface area contributed by atoms with Crippen molar-refractivity contribution in [3.63, 3.8) is 0 Å². The van der Waals surface area contributed by atoms with Crippen LogP contribution in [0.5, 0.6) is 0 Å². The van der Waals surface area contributed by atoms with E-state index in [0.29, 0.717) is 13.0 Å². The van der Waals surface area contributed by atoms with Gasteiger partial charge in [0.2, 0.25) is 0 Å². The molecule has 0 aromatic heterocycles. The SMILES string of the molecule is OCCC1CNCCN1Cc1ccc(F)c(F)c1. The molecule has 1 aromatic carbocycles. The summed E-state index contributed by atoms with van der Waals surface area (Å²) in [6, 6.07) is 4.26. The highest BCUT2D eigenvalue weighted by Crippen LogP contribution is 2.15. The number of aliphatic hydroxyl groups excluding tert-OH is 1. The number of nitrogens with one attached hydrogen (secondary N) is 1. The molecule has 2 N–H and O–H groups in total. The molecule has 1 aliphatic heterocycles. The molecule has 1 fully saturated rings. The number of hydrogen-bond acceptors (Lipinski definition) is 3. The smallest absolute Gasteiger partial charge is 0.159 e. The monoisotopic (exact) mass is 256 g/mol. The number of rotatable bonds is 4. The average molecular weight is 256 g/mol. The lowest BCUT2D eigenvalue weighted by molar-refractivity contribution is 0.123. The van der Waals surface area contributed by atoms with Gasteiger partial charge in [0.25, 0.3) is 0 Å². The summed E-state index contributed by atoms with van der Waals surface area (Å²) >= 11 is 0. The second kappa shape index (κ2) is 6.22. The largest absolute Gasteiger partial charge is 0.396 e. The quantitative estimate of drug-likeness (QED) is 0.847. The Morgan fingerprint density at radius 2 is 2.17 bits per heavy atom. The Hall–Kier alpha value is -1.04. The van der Waals surface area contributed by atoms with Crippen molar-refractivity contribution < 1.29 is 13.9 Å². The van der Waals surface area contributed by atoms with Gasteiger partial charge in [0, 0.05) is 38.8 Å². The van der Waals surface area contributed by atoms with Gasteiger partial charge in [-0.1, -0.05) is 6.07 Å². The lowest BCUT2D eigenvalue weighted by atomic mass is 10.1. The van der Waals surface area contributed by atoms with Gasteiger partial charge in [-0.3, -0.25) is 4.90 Å². The van der Waals surface area contributed by atoms with Crippen LogP contribution in [0.3, 0.4) is 0 Å². The molecule has 1 aliphatic rings. The average Bonchev–Trinajstić information content (AvgIpc) is 2.37. The molecule has 0 bridgehead atoms. The highest BCUT2D eigenvalue weighted by atomic mass is 19.2. The van der Waals surface area contributed by atoms with Gasteiger partial charge in [-0.25, -0.2) is 8.78 Å². The molecule has 0 radical (unpaired) electrons. The van der Waals surface area contributed by atoms with Crippen LogP contribution in [0.1, 0.15) is 12.0 Å². The van der Waals surface area contributed by atoms with Crippen LogP contribution in [-0.4, -0.2) is 42.3 Å². The number of piperazine rings is 1. The number of halogens is 2. The zero-order valence-corrected chi connectivity index (χ0v) is 10.2. The van der Waals surface area contributed by atoms with Crippen LogP contribution < -0.4 is 5.32 Å². The predicted molar refractivity (Wildman–Crippen MR) is 65.1 cm³/mol. The Morgan fingerprint density at radius 1 is 1.33 bits per heavy atom. The van der Waals surface area contributed by atoms with Crippen molar-refractivity contribution in [2.75, 3.05) is 26.2 Å². The first-order valence-electron chi connectivity index (χ1n) is 6.20. The molecule has 0 amide bonds. The van der Waals surface area contributed by atoms with Gasteiger partial charge >= 0.3 is 0 Å². The van der Waals surface area contributed by atoms with E-state index < -0.39 is 11.6 Å². The Kier molecular flexibility index (Phi) is 4.63. The number of nitrogens with zero attached hydrogens (tertiary/aromatic N) is 1. The molecule has 1 saturated heterocycles. The van der Waals surface area contributed by atoms with Crippen molar-refractivity contribution in [1.82, 2.24) is 10.2 Å². The van der Waals surface area contributed by atoms with Crippen LogP contribution in [0, 0.1) is 11.6 Å². The predicted octanol–water partition coefficient (Wildman–Crippen LogP) is 1.12. The van der Waals surface area contributed by atoms with Crippen molar-refractivity contribution >= 4 is 0 Å². The molecule has 1 aromatic rings. The standard InChI is InChI=1S/C13H18F2N2O/c14-12-2-1-10(7-13(12)15)9-17-5-4-16-8-11(17)3-6-18/h1-2,7,11,16,18H,3-6,8-9H2. The minimum absolute atomic E-state index is 0.140.